The average molecular weight is 286 g/mol. The van der Waals surface area contributed by atoms with E-state index in [4.69, 9.17) is 9.47 Å². The smallest absolute Gasteiger partial charge is 0.162 e. The largest absolute Gasteiger partial charge is 0.493 e. The highest BCUT2D eigenvalue weighted by Gasteiger charge is 2.07. The summed E-state index contributed by atoms with van der Waals surface area (Å²) in [6, 6.07) is 7.82. The molecule has 0 aliphatic rings. The predicted molar refractivity (Wildman–Crippen MR) is 82.4 cm³/mol. The van der Waals surface area contributed by atoms with Crippen molar-refractivity contribution in [2.24, 2.45) is 0 Å². The minimum atomic E-state index is 0.697. The van der Waals surface area contributed by atoms with E-state index < -0.39 is 0 Å². The quantitative estimate of drug-likeness (QED) is 0.785. The Kier molecular flexibility index (Phi) is 3.43. The zero-order valence-electron chi connectivity index (χ0n) is 11.2. The van der Waals surface area contributed by atoms with E-state index >= 15 is 0 Å². The van der Waals surface area contributed by atoms with Crippen LogP contribution in [-0.4, -0.2) is 19.2 Å². The first-order chi connectivity index (χ1) is 9.81. The molecule has 0 amide bonds. The Labute approximate surface area is 121 Å². The Balaban J connectivity index is 1.96. The fourth-order valence-electron chi connectivity index (χ4n) is 2.06. The van der Waals surface area contributed by atoms with Crippen LogP contribution in [0.3, 0.4) is 0 Å². The second-order valence-electron chi connectivity index (χ2n) is 4.21. The molecule has 0 saturated heterocycles. The van der Waals surface area contributed by atoms with Gasteiger partial charge in [-0.3, -0.25) is 4.98 Å². The summed E-state index contributed by atoms with van der Waals surface area (Å²) in [4.78, 5) is 4.25. The molecule has 0 unspecified atom stereocenters. The first-order valence-corrected chi connectivity index (χ1v) is 7.00. The third kappa shape index (κ3) is 2.28. The van der Waals surface area contributed by atoms with Crippen LogP contribution in [0.5, 0.6) is 11.5 Å². The molecule has 2 heterocycles. The highest BCUT2D eigenvalue weighted by atomic mass is 32.1. The molecule has 0 radical (unpaired) electrons. The Bertz CT molecular complexity index is 740. The Morgan fingerprint density at radius 1 is 1.05 bits per heavy atom. The lowest BCUT2D eigenvalue weighted by atomic mass is 10.2. The van der Waals surface area contributed by atoms with Crippen LogP contribution < -0.4 is 14.8 Å². The van der Waals surface area contributed by atoms with Crippen LogP contribution in [0.2, 0.25) is 0 Å². The number of methoxy groups -OCH3 is 2. The number of pyridine rings is 1. The number of nitrogens with zero attached hydrogens (tertiary/aromatic N) is 1. The number of rotatable bonds is 4. The van der Waals surface area contributed by atoms with E-state index in [0.29, 0.717) is 11.5 Å². The number of fused-ring (bicyclic) bond motifs is 1. The predicted octanol–water partition coefficient (Wildman–Crippen LogP) is 4.06. The molecule has 4 nitrogen and oxygen atoms in total. The molecule has 0 aliphatic heterocycles. The van der Waals surface area contributed by atoms with Gasteiger partial charge in [-0.05, 0) is 23.6 Å². The van der Waals surface area contributed by atoms with E-state index in [1.807, 2.05) is 30.6 Å². The van der Waals surface area contributed by atoms with Gasteiger partial charge < -0.3 is 14.8 Å². The first kappa shape index (κ1) is 12.7. The van der Waals surface area contributed by atoms with Crippen LogP contribution in [0.15, 0.2) is 42.0 Å². The van der Waals surface area contributed by atoms with Crippen molar-refractivity contribution in [3.63, 3.8) is 0 Å². The number of thiophene rings is 1. The summed E-state index contributed by atoms with van der Waals surface area (Å²) < 4.78 is 11.7. The van der Waals surface area contributed by atoms with E-state index in [9.17, 15) is 0 Å². The van der Waals surface area contributed by atoms with Gasteiger partial charge in [0.1, 0.15) is 0 Å². The van der Waals surface area contributed by atoms with E-state index in [2.05, 4.69) is 21.7 Å². The third-order valence-electron chi connectivity index (χ3n) is 3.04. The van der Waals surface area contributed by atoms with Crippen LogP contribution in [0.4, 0.5) is 11.4 Å². The van der Waals surface area contributed by atoms with Crippen LogP contribution in [0.25, 0.3) is 10.1 Å². The molecule has 3 rings (SSSR count). The standard InChI is InChI=1S/C15H14N2O2S/c1-18-13-4-3-10(7-14(13)19-2)17-12-8-16-9-15-11(12)5-6-20-15/h3-9,17H,1-2H3. The monoisotopic (exact) mass is 286 g/mol. The maximum Gasteiger partial charge on any atom is 0.162 e. The number of hydrogen-bond donors (Lipinski definition) is 1. The van der Waals surface area contributed by atoms with Crippen LogP contribution in [0, 0.1) is 0 Å². The van der Waals surface area contributed by atoms with E-state index in [0.717, 1.165) is 16.1 Å². The van der Waals surface area contributed by atoms with Crippen molar-refractivity contribution in [3.8, 4) is 11.5 Å². The summed E-state index contributed by atoms with van der Waals surface area (Å²) in [6.45, 7) is 0. The molecule has 0 aliphatic carbocycles. The molecule has 0 atom stereocenters. The molecule has 1 aromatic carbocycles. The van der Waals surface area contributed by atoms with Crippen molar-refractivity contribution in [3.05, 3.63) is 42.0 Å². The summed E-state index contributed by atoms with van der Waals surface area (Å²) in [5.41, 5.74) is 1.92. The molecule has 0 bridgehead atoms. The van der Waals surface area contributed by atoms with Gasteiger partial charge in [0.25, 0.3) is 0 Å². The van der Waals surface area contributed by atoms with Gasteiger partial charge in [0, 0.05) is 23.3 Å². The second-order valence-corrected chi connectivity index (χ2v) is 5.16. The van der Waals surface area contributed by atoms with Gasteiger partial charge in [-0.15, -0.1) is 11.3 Å². The molecule has 20 heavy (non-hydrogen) atoms. The number of aromatic nitrogens is 1. The number of anilines is 2. The zero-order valence-corrected chi connectivity index (χ0v) is 12.0. The van der Waals surface area contributed by atoms with E-state index in [1.165, 1.54) is 5.39 Å². The topological polar surface area (TPSA) is 43.4 Å². The Morgan fingerprint density at radius 3 is 2.70 bits per heavy atom. The van der Waals surface area contributed by atoms with E-state index in [-0.39, 0.29) is 0 Å². The summed E-state index contributed by atoms with van der Waals surface area (Å²) >= 11 is 1.68. The Morgan fingerprint density at radius 2 is 1.90 bits per heavy atom. The minimum Gasteiger partial charge on any atom is -0.493 e. The average Bonchev–Trinajstić information content (AvgIpc) is 2.96. The molecule has 5 heteroatoms. The number of benzene rings is 1. The van der Waals surface area contributed by atoms with Gasteiger partial charge in [0.05, 0.1) is 30.8 Å². The maximum absolute atomic E-state index is 5.31. The molecule has 1 N–H and O–H groups in total. The zero-order chi connectivity index (χ0) is 13.9. The van der Waals surface area contributed by atoms with Crippen molar-refractivity contribution in [1.82, 2.24) is 4.98 Å². The number of hydrogen-bond acceptors (Lipinski definition) is 5. The lowest BCUT2D eigenvalue weighted by molar-refractivity contribution is 0.355. The summed E-state index contributed by atoms with van der Waals surface area (Å²) in [5.74, 6) is 1.41. The third-order valence-corrected chi connectivity index (χ3v) is 3.89. The van der Waals surface area contributed by atoms with Crippen molar-refractivity contribution in [2.75, 3.05) is 19.5 Å². The van der Waals surface area contributed by atoms with Crippen LogP contribution in [-0.2, 0) is 0 Å². The molecule has 3 aromatic rings. The van der Waals surface area contributed by atoms with Crippen LogP contribution in [0.1, 0.15) is 0 Å². The number of nitrogens with one attached hydrogen (secondary N) is 1. The van der Waals surface area contributed by atoms with Gasteiger partial charge in [-0.2, -0.15) is 0 Å². The van der Waals surface area contributed by atoms with Gasteiger partial charge in [0.15, 0.2) is 11.5 Å². The van der Waals surface area contributed by atoms with Crippen LogP contribution >= 0.6 is 11.3 Å². The lowest BCUT2D eigenvalue weighted by Crippen LogP contribution is -1.95. The van der Waals surface area contributed by atoms with Gasteiger partial charge in [-0.1, -0.05) is 0 Å². The summed E-state index contributed by atoms with van der Waals surface area (Å²) in [7, 11) is 3.25. The van der Waals surface area contributed by atoms with Crippen molar-refractivity contribution < 1.29 is 9.47 Å². The summed E-state index contributed by atoms with van der Waals surface area (Å²) in [6.07, 6.45) is 3.70. The van der Waals surface area contributed by atoms with Crippen molar-refractivity contribution in [1.29, 1.82) is 0 Å². The summed E-state index contributed by atoms with van der Waals surface area (Å²) in [5, 5.41) is 6.60. The molecular weight excluding hydrogens is 272 g/mol. The number of ether oxygens (including phenoxy) is 2. The van der Waals surface area contributed by atoms with Gasteiger partial charge in [-0.25, -0.2) is 0 Å². The lowest BCUT2D eigenvalue weighted by Gasteiger charge is -2.11. The Hall–Kier alpha value is -2.27. The van der Waals surface area contributed by atoms with E-state index in [1.54, 1.807) is 25.6 Å². The highest BCUT2D eigenvalue weighted by Crippen LogP contribution is 2.33. The fraction of sp³-hybridized carbons (Fsp3) is 0.133. The first-order valence-electron chi connectivity index (χ1n) is 6.12. The maximum atomic E-state index is 5.31. The van der Waals surface area contributed by atoms with Gasteiger partial charge in [0.2, 0.25) is 0 Å². The SMILES string of the molecule is COc1ccc(Nc2cncc3sccc23)cc1OC. The molecule has 102 valence electrons. The molecular formula is C15H14N2O2S. The molecule has 0 fully saturated rings. The van der Waals surface area contributed by atoms with Crippen molar-refractivity contribution in [2.45, 2.75) is 0 Å². The molecule has 0 spiro atoms. The normalized spacial score (nSPS) is 10.5. The highest BCUT2D eigenvalue weighted by molar-refractivity contribution is 7.17. The van der Waals surface area contributed by atoms with Crippen molar-refractivity contribution >= 4 is 32.8 Å². The molecule has 2 aromatic heterocycles. The minimum absolute atomic E-state index is 0.697. The molecule has 0 saturated carbocycles. The van der Waals surface area contributed by atoms with Gasteiger partial charge >= 0.3 is 0 Å². The fourth-order valence-corrected chi connectivity index (χ4v) is 2.84. The second kappa shape index (κ2) is 5.38.